The van der Waals surface area contributed by atoms with Crippen LogP contribution in [0.15, 0.2) is 48.5 Å². The van der Waals surface area contributed by atoms with Crippen molar-refractivity contribution in [3.05, 3.63) is 48.5 Å². The van der Waals surface area contributed by atoms with E-state index in [-0.39, 0.29) is 6.10 Å². The lowest BCUT2D eigenvalue weighted by Gasteiger charge is -2.28. The van der Waals surface area contributed by atoms with Gasteiger partial charge in [-0.05, 0) is 12.1 Å². The number of morpholine rings is 1. The Kier molecular flexibility index (Phi) is 4.04. The molecule has 120 valence electrons. The molecule has 0 aliphatic carbocycles. The third kappa shape index (κ3) is 2.85. The second-order valence-corrected chi connectivity index (χ2v) is 6.21. The second kappa shape index (κ2) is 6.32. The summed E-state index contributed by atoms with van der Waals surface area (Å²) in [5, 5.41) is 13.1. The molecule has 0 unspecified atom stereocenters. The monoisotopic (exact) mass is 310 g/mol. The Balaban J connectivity index is 1.64. The van der Waals surface area contributed by atoms with E-state index in [9.17, 15) is 5.11 Å². The number of aliphatic hydroxyl groups excluding tert-OH is 1. The largest absolute Gasteiger partial charge is 0.390 e. The lowest BCUT2D eigenvalue weighted by atomic mass is 10.2. The van der Waals surface area contributed by atoms with Crippen molar-refractivity contribution in [2.24, 2.45) is 0 Å². The first kappa shape index (κ1) is 14.7. The lowest BCUT2D eigenvalue weighted by Crippen LogP contribution is -2.42. The number of aliphatic hydroxyl groups is 1. The first-order valence-electron chi connectivity index (χ1n) is 8.27. The smallest absolute Gasteiger partial charge is 0.0846 e. The molecule has 0 bridgehead atoms. The summed E-state index contributed by atoms with van der Waals surface area (Å²) in [5.74, 6) is 0. The Morgan fingerprint density at radius 3 is 2.04 bits per heavy atom. The summed E-state index contributed by atoms with van der Waals surface area (Å²) in [6.07, 6.45) is -0.382. The molecule has 1 aliphatic heterocycles. The van der Waals surface area contributed by atoms with Gasteiger partial charge in [-0.25, -0.2) is 0 Å². The molecule has 1 atom stereocenters. The number of rotatable bonds is 4. The van der Waals surface area contributed by atoms with Crippen molar-refractivity contribution in [3.63, 3.8) is 0 Å². The molecule has 4 heteroatoms. The van der Waals surface area contributed by atoms with Crippen LogP contribution in [0.2, 0.25) is 0 Å². The standard InChI is InChI=1S/C19H22N2O2/c22-15(13-20-9-11-23-12-10-20)14-21-18-7-3-1-5-16(18)17-6-2-4-8-19(17)21/h1-8,15,22H,9-14H2/t15-/m0/s1. The molecule has 0 amide bonds. The van der Waals surface area contributed by atoms with Gasteiger partial charge in [-0.2, -0.15) is 0 Å². The van der Waals surface area contributed by atoms with Crippen LogP contribution in [-0.2, 0) is 11.3 Å². The van der Waals surface area contributed by atoms with E-state index in [0.717, 1.165) is 26.3 Å². The molecule has 0 radical (unpaired) electrons. The van der Waals surface area contributed by atoms with Gasteiger partial charge in [-0.1, -0.05) is 36.4 Å². The van der Waals surface area contributed by atoms with Gasteiger partial charge in [0.05, 0.1) is 25.9 Å². The fourth-order valence-corrected chi connectivity index (χ4v) is 3.55. The molecule has 3 aromatic rings. The zero-order valence-electron chi connectivity index (χ0n) is 13.2. The quantitative estimate of drug-likeness (QED) is 0.804. The average molecular weight is 310 g/mol. The predicted octanol–water partition coefficient (Wildman–Crippen LogP) is 2.49. The number of benzene rings is 2. The van der Waals surface area contributed by atoms with Gasteiger partial charge in [0, 0.05) is 41.4 Å². The maximum absolute atomic E-state index is 10.6. The molecule has 1 fully saturated rings. The average Bonchev–Trinajstić information content (AvgIpc) is 2.90. The summed E-state index contributed by atoms with van der Waals surface area (Å²) >= 11 is 0. The van der Waals surface area contributed by atoms with E-state index >= 15 is 0 Å². The molecule has 0 saturated carbocycles. The van der Waals surface area contributed by atoms with Gasteiger partial charge in [0.2, 0.25) is 0 Å². The van der Waals surface area contributed by atoms with Crippen molar-refractivity contribution >= 4 is 21.8 Å². The summed E-state index contributed by atoms with van der Waals surface area (Å²) in [4.78, 5) is 2.28. The third-order valence-electron chi connectivity index (χ3n) is 4.65. The highest BCUT2D eigenvalue weighted by Gasteiger charge is 2.17. The van der Waals surface area contributed by atoms with E-state index in [0.29, 0.717) is 13.1 Å². The minimum atomic E-state index is -0.382. The summed E-state index contributed by atoms with van der Waals surface area (Å²) in [5.41, 5.74) is 2.38. The zero-order chi connectivity index (χ0) is 15.6. The number of fused-ring (bicyclic) bond motifs is 3. The summed E-state index contributed by atoms with van der Waals surface area (Å²) in [6, 6.07) is 16.9. The first-order chi connectivity index (χ1) is 11.3. The molecule has 1 N–H and O–H groups in total. The van der Waals surface area contributed by atoms with Crippen LogP contribution < -0.4 is 0 Å². The number of ether oxygens (including phenoxy) is 1. The second-order valence-electron chi connectivity index (χ2n) is 6.21. The summed E-state index contributed by atoms with van der Waals surface area (Å²) in [7, 11) is 0. The Bertz CT molecular complexity index is 752. The maximum atomic E-state index is 10.6. The molecular weight excluding hydrogens is 288 g/mol. The van der Waals surface area contributed by atoms with Gasteiger partial charge in [0.25, 0.3) is 0 Å². The normalized spacial score (nSPS) is 17.8. The minimum absolute atomic E-state index is 0.382. The van der Waals surface area contributed by atoms with Crippen LogP contribution in [0.1, 0.15) is 0 Å². The lowest BCUT2D eigenvalue weighted by molar-refractivity contribution is 0.0119. The molecule has 23 heavy (non-hydrogen) atoms. The highest BCUT2D eigenvalue weighted by Crippen LogP contribution is 2.28. The van der Waals surface area contributed by atoms with Crippen molar-refractivity contribution in [1.29, 1.82) is 0 Å². The van der Waals surface area contributed by atoms with Crippen LogP contribution in [0, 0.1) is 0 Å². The predicted molar refractivity (Wildman–Crippen MR) is 92.7 cm³/mol. The maximum Gasteiger partial charge on any atom is 0.0846 e. The topological polar surface area (TPSA) is 37.6 Å². The van der Waals surface area contributed by atoms with Crippen molar-refractivity contribution < 1.29 is 9.84 Å². The molecule has 4 rings (SSSR count). The van der Waals surface area contributed by atoms with E-state index in [1.165, 1.54) is 21.8 Å². The van der Waals surface area contributed by atoms with Gasteiger partial charge in [-0.3, -0.25) is 4.90 Å². The number of para-hydroxylation sites is 2. The number of hydrogen-bond donors (Lipinski definition) is 1. The van der Waals surface area contributed by atoms with E-state index < -0.39 is 0 Å². The van der Waals surface area contributed by atoms with Crippen LogP contribution in [0.25, 0.3) is 21.8 Å². The van der Waals surface area contributed by atoms with E-state index in [2.05, 4.69) is 58.0 Å². The fraction of sp³-hybridized carbons (Fsp3) is 0.368. The summed E-state index contributed by atoms with van der Waals surface area (Å²) in [6.45, 7) is 4.66. The summed E-state index contributed by atoms with van der Waals surface area (Å²) < 4.78 is 7.62. The van der Waals surface area contributed by atoms with Crippen molar-refractivity contribution in [2.75, 3.05) is 32.8 Å². The Morgan fingerprint density at radius 2 is 1.43 bits per heavy atom. The molecule has 1 aromatic heterocycles. The number of β-amino-alcohol motifs (C(OH)–C–C–N with tert-alkyl or cyclic N) is 1. The molecule has 4 nitrogen and oxygen atoms in total. The molecule has 0 spiro atoms. The van der Waals surface area contributed by atoms with Crippen LogP contribution >= 0.6 is 0 Å². The zero-order valence-corrected chi connectivity index (χ0v) is 13.2. The Labute approximate surface area is 135 Å². The number of nitrogens with zero attached hydrogens (tertiary/aromatic N) is 2. The van der Waals surface area contributed by atoms with Gasteiger partial charge < -0.3 is 14.4 Å². The van der Waals surface area contributed by atoms with E-state index in [1.807, 2.05) is 0 Å². The molecule has 2 heterocycles. The van der Waals surface area contributed by atoms with Gasteiger partial charge in [0.1, 0.15) is 0 Å². The SMILES string of the molecule is O[C@@H](CN1CCOCC1)Cn1c2ccccc2c2ccccc21. The van der Waals surface area contributed by atoms with E-state index in [4.69, 9.17) is 4.74 Å². The van der Waals surface area contributed by atoms with Gasteiger partial charge in [-0.15, -0.1) is 0 Å². The number of aromatic nitrogens is 1. The molecule has 2 aromatic carbocycles. The van der Waals surface area contributed by atoms with Crippen LogP contribution in [0.4, 0.5) is 0 Å². The molecule has 1 saturated heterocycles. The highest BCUT2D eigenvalue weighted by atomic mass is 16.5. The van der Waals surface area contributed by atoms with Crippen molar-refractivity contribution in [1.82, 2.24) is 9.47 Å². The Hall–Kier alpha value is -1.88. The van der Waals surface area contributed by atoms with E-state index in [1.54, 1.807) is 0 Å². The van der Waals surface area contributed by atoms with Crippen LogP contribution in [0.5, 0.6) is 0 Å². The highest BCUT2D eigenvalue weighted by molar-refractivity contribution is 6.07. The van der Waals surface area contributed by atoms with Crippen LogP contribution in [0.3, 0.4) is 0 Å². The molecule has 1 aliphatic rings. The van der Waals surface area contributed by atoms with Gasteiger partial charge in [0.15, 0.2) is 0 Å². The first-order valence-corrected chi connectivity index (χ1v) is 8.27. The van der Waals surface area contributed by atoms with Gasteiger partial charge >= 0.3 is 0 Å². The van der Waals surface area contributed by atoms with Crippen molar-refractivity contribution in [3.8, 4) is 0 Å². The fourth-order valence-electron chi connectivity index (χ4n) is 3.55. The van der Waals surface area contributed by atoms with Crippen LogP contribution in [-0.4, -0.2) is 53.5 Å². The Morgan fingerprint density at radius 1 is 0.870 bits per heavy atom. The molecular formula is C19H22N2O2. The minimum Gasteiger partial charge on any atom is -0.390 e. The van der Waals surface area contributed by atoms with Crippen molar-refractivity contribution in [2.45, 2.75) is 12.6 Å². The third-order valence-corrected chi connectivity index (χ3v) is 4.65. The number of hydrogen-bond acceptors (Lipinski definition) is 3.